The van der Waals surface area contributed by atoms with Crippen molar-refractivity contribution in [3.05, 3.63) is 29.8 Å². The number of hydrogen-bond acceptors (Lipinski definition) is 3. The molecule has 0 bridgehead atoms. The van der Waals surface area contributed by atoms with E-state index in [9.17, 15) is 4.79 Å². The van der Waals surface area contributed by atoms with Crippen LogP contribution in [0, 0.1) is 0 Å². The number of carbonyl (C=O) groups is 1. The fourth-order valence-corrected chi connectivity index (χ4v) is 1.56. The van der Waals surface area contributed by atoms with Gasteiger partial charge in [0.25, 0.3) is 0 Å². The van der Waals surface area contributed by atoms with Crippen molar-refractivity contribution in [3.8, 4) is 5.75 Å². The first kappa shape index (κ1) is 13.7. The van der Waals surface area contributed by atoms with Gasteiger partial charge in [-0.25, -0.2) is 0 Å². The lowest BCUT2D eigenvalue weighted by atomic mass is 9.96. The van der Waals surface area contributed by atoms with E-state index in [2.05, 4.69) is 0 Å². The largest absolute Gasteiger partial charge is 0.497 e. The second kappa shape index (κ2) is 5.82. The van der Waals surface area contributed by atoms with Gasteiger partial charge in [0.05, 0.1) is 7.11 Å². The summed E-state index contributed by atoms with van der Waals surface area (Å²) in [6.07, 6.45) is 1.70. The molecule has 94 valence electrons. The van der Waals surface area contributed by atoms with Crippen LogP contribution in [0.2, 0.25) is 0 Å². The molecule has 1 aromatic rings. The van der Waals surface area contributed by atoms with E-state index in [0.29, 0.717) is 12.8 Å². The van der Waals surface area contributed by atoms with Crippen molar-refractivity contribution in [3.63, 3.8) is 0 Å². The summed E-state index contributed by atoms with van der Waals surface area (Å²) in [6.45, 7) is 3.87. The standard InChI is InChI=1S/C14H21NO2/c1-14(2,15)8-7-12(16)9-11-5-4-6-13(10-11)17-3/h4-6,10H,7-9,15H2,1-3H3. The van der Waals surface area contributed by atoms with Crippen molar-refractivity contribution >= 4 is 5.78 Å². The topological polar surface area (TPSA) is 52.3 Å². The third-order valence-corrected chi connectivity index (χ3v) is 2.58. The van der Waals surface area contributed by atoms with Gasteiger partial charge in [-0.15, -0.1) is 0 Å². The Morgan fingerprint density at radius 3 is 2.71 bits per heavy atom. The van der Waals surface area contributed by atoms with E-state index in [4.69, 9.17) is 10.5 Å². The van der Waals surface area contributed by atoms with Gasteiger partial charge >= 0.3 is 0 Å². The monoisotopic (exact) mass is 235 g/mol. The Morgan fingerprint density at radius 2 is 2.12 bits per heavy atom. The predicted molar refractivity (Wildman–Crippen MR) is 69.2 cm³/mol. The van der Waals surface area contributed by atoms with Crippen LogP contribution in [0.4, 0.5) is 0 Å². The van der Waals surface area contributed by atoms with Crippen LogP contribution >= 0.6 is 0 Å². The highest BCUT2D eigenvalue weighted by Crippen LogP contribution is 2.15. The van der Waals surface area contributed by atoms with Crippen LogP contribution in [0.25, 0.3) is 0 Å². The van der Waals surface area contributed by atoms with Gasteiger partial charge in [0.15, 0.2) is 0 Å². The van der Waals surface area contributed by atoms with Crippen LogP contribution in [0.5, 0.6) is 5.75 Å². The average molecular weight is 235 g/mol. The van der Waals surface area contributed by atoms with Crippen molar-refractivity contribution < 1.29 is 9.53 Å². The molecular weight excluding hydrogens is 214 g/mol. The fourth-order valence-electron chi connectivity index (χ4n) is 1.56. The van der Waals surface area contributed by atoms with E-state index >= 15 is 0 Å². The van der Waals surface area contributed by atoms with Crippen LogP contribution < -0.4 is 10.5 Å². The molecule has 0 fully saturated rings. The molecule has 1 aromatic carbocycles. The maximum absolute atomic E-state index is 11.8. The normalized spacial score (nSPS) is 11.3. The minimum absolute atomic E-state index is 0.219. The number of Topliss-reactive ketones (excluding diaryl/α,β-unsaturated/α-hetero) is 1. The number of ketones is 1. The number of methoxy groups -OCH3 is 1. The zero-order valence-electron chi connectivity index (χ0n) is 10.8. The Hall–Kier alpha value is -1.35. The summed E-state index contributed by atoms with van der Waals surface area (Å²) in [5.74, 6) is 1.01. The highest BCUT2D eigenvalue weighted by Gasteiger charge is 2.13. The van der Waals surface area contributed by atoms with Crippen molar-refractivity contribution in [1.82, 2.24) is 0 Å². The first-order valence-corrected chi connectivity index (χ1v) is 5.84. The molecule has 0 heterocycles. The molecule has 0 spiro atoms. The lowest BCUT2D eigenvalue weighted by Gasteiger charge is -2.17. The lowest BCUT2D eigenvalue weighted by Crippen LogP contribution is -2.32. The van der Waals surface area contributed by atoms with E-state index in [1.807, 2.05) is 38.1 Å². The molecule has 3 heteroatoms. The fraction of sp³-hybridized carbons (Fsp3) is 0.500. The van der Waals surface area contributed by atoms with E-state index in [0.717, 1.165) is 17.7 Å². The summed E-state index contributed by atoms with van der Waals surface area (Å²) in [5, 5.41) is 0. The molecule has 0 atom stereocenters. The van der Waals surface area contributed by atoms with Crippen LogP contribution in [-0.4, -0.2) is 18.4 Å². The van der Waals surface area contributed by atoms with Gasteiger partial charge in [0, 0.05) is 18.4 Å². The minimum atomic E-state index is -0.274. The molecule has 0 unspecified atom stereocenters. The second-order valence-electron chi connectivity index (χ2n) is 5.06. The Balaban J connectivity index is 2.50. The summed E-state index contributed by atoms with van der Waals surface area (Å²) in [6, 6.07) is 7.60. The third kappa shape index (κ3) is 5.50. The van der Waals surface area contributed by atoms with Crippen molar-refractivity contribution in [2.45, 2.75) is 38.6 Å². The summed E-state index contributed by atoms with van der Waals surface area (Å²) in [4.78, 5) is 11.8. The Bertz CT molecular complexity index is 380. The molecule has 3 nitrogen and oxygen atoms in total. The number of carbonyl (C=O) groups excluding carboxylic acids is 1. The Morgan fingerprint density at radius 1 is 1.41 bits per heavy atom. The Kier molecular flexibility index (Phi) is 4.70. The van der Waals surface area contributed by atoms with Crippen LogP contribution in [0.3, 0.4) is 0 Å². The van der Waals surface area contributed by atoms with Crippen LogP contribution in [-0.2, 0) is 11.2 Å². The lowest BCUT2D eigenvalue weighted by molar-refractivity contribution is -0.118. The van der Waals surface area contributed by atoms with Crippen molar-refractivity contribution in [2.24, 2.45) is 5.73 Å². The highest BCUT2D eigenvalue weighted by molar-refractivity contribution is 5.81. The minimum Gasteiger partial charge on any atom is -0.497 e. The molecule has 0 aliphatic carbocycles. The number of benzene rings is 1. The number of rotatable bonds is 6. The summed E-state index contributed by atoms with van der Waals surface area (Å²) >= 11 is 0. The van der Waals surface area contributed by atoms with E-state index in [-0.39, 0.29) is 11.3 Å². The Labute approximate surface area is 103 Å². The highest BCUT2D eigenvalue weighted by atomic mass is 16.5. The van der Waals surface area contributed by atoms with Crippen molar-refractivity contribution in [2.75, 3.05) is 7.11 Å². The van der Waals surface area contributed by atoms with Crippen LogP contribution in [0.1, 0.15) is 32.3 Å². The SMILES string of the molecule is COc1cccc(CC(=O)CCC(C)(C)N)c1. The zero-order valence-corrected chi connectivity index (χ0v) is 10.8. The van der Waals surface area contributed by atoms with Crippen LogP contribution in [0.15, 0.2) is 24.3 Å². The first-order valence-electron chi connectivity index (χ1n) is 5.84. The van der Waals surface area contributed by atoms with Gasteiger partial charge in [0.2, 0.25) is 0 Å². The smallest absolute Gasteiger partial charge is 0.137 e. The molecule has 0 aromatic heterocycles. The van der Waals surface area contributed by atoms with Gasteiger partial charge in [-0.3, -0.25) is 4.79 Å². The van der Waals surface area contributed by atoms with Crippen molar-refractivity contribution in [1.29, 1.82) is 0 Å². The maximum Gasteiger partial charge on any atom is 0.137 e. The molecule has 0 radical (unpaired) electrons. The first-order chi connectivity index (χ1) is 7.90. The molecule has 0 saturated carbocycles. The van der Waals surface area contributed by atoms with E-state index in [1.54, 1.807) is 7.11 Å². The van der Waals surface area contributed by atoms with Gasteiger partial charge in [0.1, 0.15) is 11.5 Å². The molecule has 0 aliphatic rings. The predicted octanol–water partition coefficient (Wildman–Crippen LogP) is 2.32. The average Bonchev–Trinajstić information content (AvgIpc) is 2.26. The van der Waals surface area contributed by atoms with Gasteiger partial charge in [-0.1, -0.05) is 12.1 Å². The van der Waals surface area contributed by atoms with Gasteiger partial charge in [-0.2, -0.15) is 0 Å². The number of nitrogens with two attached hydrogens (primary N) is 1. The molecule has 17 heavy (non-hydrogen) atoms. The molecule has 0 aliphatic heterocycles. The van der Waals surface area contributed by atoms with Gasteiger partial charge < -0.3 is 10.5 Å². The molecular formula is C14H21NO2. The van der Waals surface area contributed by atoms with E-state index < -0.39 is 0 Å². The summed E-state index contributed by atoms with van der Waals surface area (Å²) in [5.41, 5.74) is 6.57. The molecule has 1 rings (SSSR count). The maximum atomic E-state index is 11.8. The molecule has 0 saturated heterocycles. The summed E-state index contributed by atoms with van der Waals surface area (Å²) in [7, 11) is 1.62. The molecule has 2 N–H and O–H groups in total. The van der Waals surface area contributed by atoms with Gasteiger partial charge in [-0.05, 0) is 38.0 Å². The zero-order chi connectivity index (χ0) is 12.9. The summed E-state index contributed by atoms with van der Waals surface area (Å²) < 4.78 is 5.12. The number of ether oxygens (including phenoxy) is 1. The van der Waals surface area contributed by atoms with E-state index in [1.165, 1.54) is 0 Å². The number of hydrogen-bond donors (Lipinski definition) is 1. The molecule has 0 amide bonds. The second-order valence-corrected chi connectivity index (χ2v) is 5.06. The quantitative estimate of drug-likeness (QED) is 0.823. The third-order valence-electron chi connectivity index (χ3n) is 2.58.